The van der Waals surface area contributed by atoms with Gasteiger partial charge in [0, 0.05) is 19.3 Å². The molecule has 74 valence electrons. The Kier molecular flexibility index (Phi) is 2.21. The molecule has 2 N–H and O–H groups in total. The van der Waals surface area contributed by atoms with Crippen LogP contribution in [-0.4, -0.2) is 21.1 Å². The van der Waals surface area contributed by atoms with Crippen LogP contribution in [0.25, 0.3) is 11.2 Å². The van der Waals surface area contributed by atoms with Crippen LogP contribution in [0.15, 0.2) is 12.3 Å². The summed E-state index contributed by atoms with van der Waals surface area (Å²) in [5.41, 5.74) is 8.55. The standard InChI is InChI=1S/C10H14N4/c1-7-5-9-10(12-6-7)14(4-3-11)8(2)13-9/h5-6H,3-4,11H2,1-2H3. The number of rotatable bonds is 2. The molecular weight excluding hydrogens is 176 g/mol. The summed E-state index contributed by atoms with van der Waals surface area (Å²) in [6.45, 7) is 5.39. The van der Waals surface area contributed by atoms with Crippen LogP contribution in [0.2, 0.25) is 0 Å². The molecule has 4 nitrogen and oxygen atoms in total. The molecule has 4 heteroatoms. The van der Waals surface area contributed by atoms with Crippen LogP contribution < -0.4 is 5.73 Å². The van der Waals surface area contributed by atoms with Gasteiger partial charge < -0.3 is 10.3 Å². The summed E-state index contributed by atoms with van der Waals surface area (Å²) < 4.78 is 2.05. The van der Waals surface area contributed by atoms with Crippen molar-refractivity contribution in [1.29, 1.82) is 0 Å². The van der Waals surface area contributed by atoms with E-state index in [4.69, 9.17) is 5.73 Å². The second kappa shape index (κ2) is 3.38. The summed E-state index contributed by atoms with van der Waals surface area (Å²) in [5.74, 6) is 0.976. The van der Waals surface area contributed by atoms with E-state index in [1.807, 2.05) is 26.1 Å². The number of nitrogens with zero attached hydrogens (tertiary/aromatic N) is 3. The van der Waals surface area contributed by atoms with Crippen molar-refractivity contribution >= 4 is 11.2 Å². The highest BCUT2D eigenvalue weighted by molar-refractivity contribution is 5.72. The molecule has 0 saturated heterocycles. The lowest BCUT2D eigenvalue weighted by Gasteiger charge is -2.02. The Balaban J connectivity index is 2.64. The zero-order valence-corrected chi connectivity index (χ0v) is 8.49. The molecule has 0 aliphatic carbocycles. The van der Waals surface area contributed by atoms with E-state index in [1.54, 1.807) is 0 Å². The summed E-state index contributed by atoms with van der Waals surface area (Å²) in [6, 6.07) is 2.04. The number of pyridine rings is 1. The zero-order valence-electron chi connectivity index (χ0n) is 8.49. The van der Waals surface area contributed by atoms with E-state index in [0.29, 0.717) is 6.54 Å². The molecule has 0 bridgehead atoms. The number of imidazole rings is 1. The number of aromatic nitrogens is 3. The highest BCUT2D eigenvalue weighted by atomic mass is 15.1. The number of hydrogen-bond acceptors (Lipinski definition) is 3. The highest BCUT2D eigenvalue weighted by Crippen LogP contribution is 2.13. The van der Waals surface area contributed by atoms with E-state index in [1.165, 1.54) is 0 Å². The fourth-order valence-electron chi connectivity index (χ4n) is 1.62. The zero-order chi connectivity index (χ0) is 10.1. The van der Waals surface area contributed by atoms with Crippen molar-refractivity contribution in [1.82, 2.24) is 14.5 Å². The smallest absolute Gasteiger partial charge is 0.160 e. The molecule has 2 rings (SSSR count). The third-order valence-corrected chi connectivity index (χ3v) is 2.27. The molecule has 0 unspecified atom stereocenters. The van der Waals surface area contributed by atoms with Gasteiger partial charge in [0.05, 0.1) is 0 Å². The fourth-order valence-corrected chi connectivity index (χ4v) is 1.62. The van der Waals surface area contributed by atoms with Crippen LogP contribution in [0, 0.1) is 13.8 Å². The molecule has 0 saturated carbocycles. The van der Waals surface area contributed by atoms with E-state index < -0.39 is 0 Å². The van der Waals surface area contributed by atoms with E-state index in [2.05, 4.69) is 14.5 Å². The molecule has 2 aromatic heterocycles. The van der Waals surface area contributed by atoms with Gasteiger partial charge in [-0.1, -0.05) is 0 Å². The van der Waals surface area contributed by atoms with Gasteiger partial charge in [0.15, 0.2) is 5.65 Å². The summed E-state index contributed by atoms with van der Waals surface area (Å²) in [5, 5.41) is 0. The molecule has 0 aromatic carbocycles. The summed E-state index contributed by atoms with van der Waals surface area (Å²) in [7, 11) is 0. The third kappa shape index (κ3) is 1.37. The van der Waals surface area contributed by atoms with Gasteiger partial charge in [-0.05, 0) is 25.5 Å². The maximum Gasteiger partial charge on any atom is 0.160 e. The fraction of sp³-hybridized carbons (Fsp3) is 0.400. The Morgan fingerprint density at radius 1 is 1.43 bits per heavy atom. The monoisotopic (exact) mass is 190 g/mol. The van der Waals surface area contributed by atoms with Crippen molar-refractivity contribution in [2.75, 3.05) is 6.54 Å². The predicted octanol–water partition coefficient (Wildman–Crippen LogP) is 1.01. The van der Waals surface area contributed by atoms with Crippen molar-refractivity contribution in [3.63, 3.8) is 0 Å². The molecule has 0 spiro atoms. The third-order valence-electron chi connectivity index (χ3n) is 2.27. The first kappa shape index (κ1) is 9.15. The number of aryl methyl sites for hydroxylation is 2. The average Bonchev–Trinajstić information content (AvgIpc) is 2.43. The molecule has 2 heterocycles. The molecule has 0 amide bonds. The van der Waals surface area contributed by atoms with Gasteiger partial charge in [0.2, 0.25) is 0 Å². The van der Waals surface area contributed by atoms with Gasteiger partial charge in [0.1, 0.15) is 11.3 Å². The SMILES string of the molecule is Cc1cnc2c(c1)nc(C)n2CCN. The minimum Gasteiger partial charge on any atom is -0.329 e. The summed E-state index contributed by atoms with van der Waals surface area (Å²) in [4.78, 5) is 8.80. The van der Waals surface area contributed by atoms with Crippen molar-refractivity contribution in [3.05, 3.63) is 23.7 Å². The normalized spacial score (nSPS) is 11.1. The van der Waals surface area contributed by atoms with Crippen LogP contribution in [-0.2, 0) is 6.54 Å². The maximum absolute atomic E-state index is 5.53. The first-order valence-electron chi connectivity index (χ1n) is 4.72. The quantitative estimate of drug-likeness (QED) is 0.768. The van der Waals surface area contributed by atoms with Crippen molar-refractivity contribution in [2.24, 2.45) is 5.73 Å². The summed E-state index contributed by atoms with van der Waals surface area (Å²) in [6.07, 6.45) is 1.86. The van der Waals surface area contributed by atoms with Crippen LogP contribution in [0.5, 0.6) is 0 Å². The number of fused-ring (bicyclic) bond motifs is 1. The van der Waals surface area contributed by atoms with Gasteiger partial charge in [-0.25, -0.2) is 9.97 Å². The van der Waals surface area contributed by atoms with Crippen LogP contribution in [0.4, 0.5) is 0 Å². The first-order chi connectivity index (χ1) is 6.72. The van der Waals surface area contributed by atoms with E-state index in [9.17, 15) is 0 Å². The van der Waals surface area contributed by atoms with E-state index >= 15 is 0 Å². The molecular formula is C10H14N4. The van der Waals surface area contributed by atoms with E-state index in [-0.39, 0.29) is 0 Å². The molecule has 2 aromatic rings. The Morgan fingerprint density at radius 2 is 2.21 bits per heavy atom. The van der Waals surface area contributed by atoms with Gasteiger partial charge in [-0.15, -0.1) is 0 Å². The largest absolute Gasteiger partial charge is 0.329 e. The second-order valence-electron chi connectivity index (χ2n) is 3.45. The van der Waals surface area contributed by atoms with Gasteiger partial charge in [-0.2, -0.15) is 0 Å². The van der Waals surface area contributed by atoms with E-state index in [0.717, 1.165) is 29.1 Å². The van der Waals surface area contributed by atoms with Crippen LogP contribution >= 0.6 is 0 Å². The van der Waals surface area contributed by atoms with Gasteiger partial charge >= 0.3 is 0 Å². The molecule has 0 fully saturated rings. The summed E-state index contributed by atoms with van der Waals surface area (Å²) >= 11 is 0. The molecule has 0 aliphatic heterocycles. The molecule has 0 radical (unpaired) electrons. The Hall–Kier alpha value is -1.42. The van der Waals surface area contributed by atoms with Crippen molar-refractivity contribution < 1.29 is 0 Å². The number of hydrogen-bond donors (Lipinski definition) is 1. The minimum atomic E-state index is 0.613. The molecule has 0 aliphatic rings. The highest BCUT2D eigenvalue weighted by Gasteiger charge is 2.07. The Labute approximate surface area is 82.8 Å². The second-order valence-corrected chi connectivity index (χ2v) is 3.45. The number of nitrogens with two attached hydrogens (primary N) is 1. The predicted molar refractivity (Wildman–Crippen MR) is 56.1 cm³/mol. The van der Waals surface area contributed by atoms with Gasteiger partial charge in [0.25, 0.3) is 0 Å². The first-order valence-corrected chi connectivity index (χ1v) is 4.72. The lowest BCUT2D eigenvalue weighted by molar-refractivity contribution is 0.698. The average molecular weight is 190 g/mol. The van der Waals surface area contributed by atoms with Crippen molar-refractivity contribution in [2.45, 2.75) is 20.4 Å². The minimum absolute atomic E-state index is 0.613. The Morgan fingerprint density at radius 3 is 2.93 bits per heavy atom. The molecule has 14 heavy (non-hydrogen) atoms. The maximum atomic E-state index is 5.53. The van der Waals surface area contributed by atoms with Crippen LogP contribution in [0.3, 0.4) is 0 Å². The lowest BCUT2D eigenvalue weighted by Crippen LogP contribution is -2.11. The topological polar surface area (TPSA) is 56.7 Å². The van der Waals surface area contributed by atoms with Crippen LogP contribution in [0.1, 0.15) is 11.4 Å². The lowest BCUT2D eigenvalue weighted by atomic mass is 10.3. The Bertz CT molecular complexity index is 458. The molecule has 0 atom stereocenters. The van der Waals surface area contributed by atoms with Crippen molar-refractivity contribution in [3.8, 4) is 0 Å². The van der Waals surface area contributed by atoms with Gasteiger partial charge in [-0.3, -0.25) is 0 Å².